The highest BCUT2D eigenvalue weighted by Gasteiger charge is 2.14. The van der Waals surface area contributed by atoms with Gasteiger partial charge in [0.1, 0.15) is 11.4 Å². The van der Waals surface area contributed by atoms with Gasteiger partial charge in [-0.1, -0.05) is 13.8 Å². The summed E-state index contributed by atoms with van der Waals surface area (Å²) in [5.74, 6) is 0. The second-order valence-corrected chi connectivity index (χ2v) is 4.38. The number of fused-ring (bicyclic) bond motifs is 1. The summed E-state index contributed by atoms with van der Waals surface area (Å²) in [6.07, 6.45) is 7.20. The fourth-order valence-electron chi connectivity index (χ4n) is 2.21. The molecule has 98 valence electrons. The second-order valence-electron chi connectivity index (χ2n) is 4.38. The van der Waals surface area contributed by atoms with E-state index in [-0.39, 0.29) is 0 Å². The zero-order chi connectivity index (χ0) is 13.2. The summed E-state index contributed by atoms with van der Waals surface area (Å²) >= 11 is 0. The number of aromatic nitrogens is 7. The van der Waals surface area contributed by atoms with Crippen LogP contribution in [0.15, 0.2) is 18.7 Å². The van der Waals surface area contributed by atoms with Gasteiger partial charge in [0.15, 0.2) is 11.3 Å². The van der Waals surface area contributed by atoms with E-state index in [4.69, 9.17) is 0 Å². The molecule has 7 heteroatoms. The van der Waals surface area contributed by atoms with Gasteiger partial charge in [0, 0.05) is 6.04 Å². The minimum atomic E-state index is 0.395. The van der Waals surface area contributed by atoms with Gasteiger partial charge in [-0.15, -0.1) is 0 Å². The number of imidazole rings is 1. The van der Waals surface area contributed by atoms with E-state index in [9.17, 15) is 0 Å². The Balaban J connectivity index is 2.13. The van der Waals surface area contributed by atoms with Crippen LogP contribution < -0.4 is 0 Å². The minimum absolute atomic E-state index is 0.395. The molecule has 0 spiro atoms. The van der Waals surface area contributed by atoms with Crippen molar-refractivity contribution in [3.63, 3.8) is 0 Å². The lowest BCUT2D eigenvalue weighted by Crippen LogP contribution is -2.06. The van der Waals surface area contributed by atoms with E-state index in [2.05, 4.69) is 48.8 Å². The first-order valence-corrected chi connectivity index (χ1v) is 6.39. The summed E-state index contributed by atoms with van der Waals surface area (Å²) in [4.78, 5) is 13.2. The summed E-state index contributed by atoms with van der Waals surface area (Å²) in [7, 11) is 0. The summed E-state index contributed by atoms with van der Waals surface area (Å²) in [6.45, 7) is 4.32. The molecule has 0 atom stereocenters. The van der Waals surface area contributed by atoms with Gasteiger partial charge in [-0.25, -0.2) is 15.0 Å². The molecule has 0 aliphatic carbocycles. The maximum absolute atomic E-state index is 4.61. The van der Waals surface area contributed by atoms with Crippen LogP contribution in [-0.2, 0) is 0 Å². The van der Waals surface area contributed by atoms with E-state index in [1.54, 1.807) is 12.4 Å². The van der Waals surface area contributed by atoms with Crippen molar-refractivity contribution in [1.82, 2.24) is 34.9 Å². The lowest BCUT2D eigenvalue weighted by Gasteiger charge is -2.14. The van der Waals surface area contributed by atoms with Crippen LogP contribution in [0.5, 0.6) is 0 Å². The average molecular weight is 257 g/mol. The molecule has 1 N–H and O–H groups in total. The number of hydrogen-bond acceptors (Lipinski definition) is 5. The van der Waals surface area contributed by atoms with Crippen LogP contribution in [0.4, 0.5) is 0 Å². The largest absolute Gasteiger partial charge is 0.311 e. The molecular formula is C12H15N7. The van der Waals surface area contributed by atoms with Gasteiger partial charge < -0.3 is 4.57 Å². The Labute approximate surface area is 110 Å². The van der Waals surface area contributed by atoms with Crippen LogP contribution in [-0.4, -0.2) is 34.9 Å². The molecule has 0 amide bonds. The smallest absolute Gasteiger partial charge is 0.197 e. The van der Waals surface area contributed by atoms with Gasteiger partial charge in [-0.05, 0) is 12.8 Å². The van der Waals surface area contributed by atoms with Gasteiger partial charge >= 0.3 is 0 Å². The molecule has 0 saturated carbocycles. The molecule has 7 nitrogen and oxygen atoms in total. The Morgan fingerprint density at radius 1 is 1.16 bits per heavy atom. The standard InChI is InChI=1S/C12H15N7/c1-3-8(4-2)19-7-14-11-12(19)16-9(5-13-11)10-6-15-18-17-10/h5-8H,3-4H2,1-2H3,(H,15,17,18). The van der Waals surface area contributed by atoms with Gasteiger partial charge in [0.25, 0.3) is 0 Å². The molecule has 3 rings (SSSR count). The summed E-state index contributed by atoms with van der Waals surface area (Å²) in [5, 5.41) is 10.4. The number of nitrogens with one attached hydrogen (secondary N) is 1. The van der Waals surface area contributed by atoms with E-state index < -0.39 is 0 Å². The first-order valence-electron chi connectivity index (χ1n) is 6.39. The third-order valence-electron chi connectivity index (χ3n) is 3.30. The highest BCUT2D eigenvalue weighted by molar-refractivity contribution is 5.69. The zero-order valence-corrected chi connectivity index (χ0v) is 10.9. The van der Waals surface area contributed by atoms with Crippen LogP contribution in [0.3, 0.4) is 0 Å². The van der Waals surface area contributed by atoms with Crippen LogP contribution >= 0.6 is 0 Å². The average Bonchev–Trinajstić information content (AvgIpc) is 3.09. The van der Waals surface area contributed by atoms with Crippen molar-refractivity contribution in [3.05, 3.63) is 18.7 Å². The van der Waals surface area contributed by atoms with Crippen molar-refractivity contribution < 1.29 is 0 Å². The Morgan fingerprint density at radius 2 is 2.00 bits per heavy atom. The lowest BCUT2D eigenvalue weighted by molar-refractivity contribution is 0.480. The van der Waals surface area contributed by atoms with Gasteiger partial charge in [0.05, 0.1) is 18.7 Å². The molecule has 0 fully saturated rings. The fraction of sp³-hybridized carbons (Fsp3) is 0.417. The highest BCUT2D eigenvalue weighted by Crippen LogP contribution is 2.22. The minimum Gasteiger partial charge on any atom is -0.311 e. The summed E-state index contributed by atoms with van der Waals surface area (Å²) < 4.78 is 2.09. The first kappa shape index (κ1) is 11.8. The van der Waals surface area contributed by atoms with Crippen molar-refractivity contribution in [2.24, 2.45) is 0 Å². The van der Waals surface area contributed by atoms with Crippen molar-refractivity contribution in [3.8, 4) is 11.4 Å². The second kappa shape index (κ2) is 4.75. The van der Waals surface area contributed by atoms with Crippen molar-refractivity contribution >= 4 is 11.3 Å². The Morgan fingerprint density at radius 3 is 2.68 bits per heavy atom. The molecule has 0 aromatic carbocycles. The third-order valence-corrected chi connectivity index (χ3v) is 3.30. The molecule has 3 heterocycles. The number of nitrogens with zero attached hydrogens (tertiary/aromatic N) is 6. The Bertz CT molecular complexity index is 667. The number of hydrogen-bond donors (Lipinski definition) is 1. The van der Waals surface area contributed by atoms with Crippen LogP contribution in [0, 0.1) is 0 Å². The Kier molecular flexibility index (Phi) is 2.94. The number of aromatic amines is 1. The van der Waals surface area contributed by atoms with Crippen molar-refractivity contribution in [1.29, 1.82) is 0 Å². The molecule has 3 aromatic rings. The van der Waals surface area contributed by atoms with Gasteiger partial charge in [-0.2, -0.15) is 15.4 Å². The molecule has 0 saturated heterocycles. The quantitative estimate of drug-likeness (QED) is 0.772. The predicted octanol–water partition coefficient (Wildman–Crippen LogP) is 1.97. The van der Waals surface area contributed by atoms with E-state index in [1.165, 1.54) is 0 Å². The molecule has 3 aromatic heterocycles. The fourth-order valence-corrected chi connectivity index (χ4v) is 2.21. The summed E-state index contributed by atoms with van der Waals surface area (Å²) in [5.41, 5.74) is 2.86. The van der Waals surface area contributed by atoms with E-state index in [1.807, 2.05) is 6.33 Å². The molecule has 19 heavy (non-hydrogen) atoms. The maximum Gasteiger partial charge on any atom is 0.197 e. The number of rotatable bonds is 4. The van der Waals surface area contributed by atoms with Crippen molar-refractivity contribution in [2.45, 2.75) is 32.7 Å². The maximum atomic E-state index is 4.61. The van der Waals surface area contributed by atoms with Gasteiger partial charge in [0.2, 0.25) is 0 Å². The molecule has 0 bridgehead atoms. The highest BCUT2D eigenvalue weighted by atomic mass is 15.3. The van der Waals surface area contributed by atoms with Crippen molar-refractivity contribution in [2.75, 3.05) is 0 Å². The van der Waals surface area contributed by atoms with E-state index in [0.717, 1.165) is 18.5 Å². The Hall–Kier alpha value is -2.31. The topological polar surface area (TPSA) is 85.2 Å². The number of H-pyrrole nitrogens is 1. The normalized spacial score (nSPS) is 11.5. The first-order chi connectivity index (χ1) is 9.33. The SMILES string of the molecule is CCC(CC)n1cnc2ncc(-c3cn[nH]n3)nc21. The third kappa shape index (κ3) is 1.96. The van der Waals surface area contributed by atoms with Crippen LogP contribution in [0.2, 0.25) is 0 Å². The summed E-state index contributed by atoms with van der Waals surface area (Å²) in [6, 6.07) is 0.395. The van der Waals surface area contributed by atoms with Crippen LogP contribution in [0.25, 0.3) is 22.7 Å². The van der Waals surface area contributed by atoms with E-state index in [0.29, 0.717) is 23.1 Å². The molecule has 0 aliphatic rings. The molecular weight excluding hydrogens is 242 g/mol. The molecule has 0 aliphatic heterocycles. The predicted molar refractivity (Wildman–Crippen MR) is 70.3 cm³/mol. The zero-order valence-electron chi connectivity index (χ0n) is 10.9. The molecule has 0 radical (unpaired) electrons. The van der Waals surface area contributed by atoms with Crippen LogP contribution in [0.1, 0.15) is 32.7 Å². The van der Waals surface area contributed by atoms with E-state index >= 15 is 0 Å². The lowest BCUT2D eigenvalue weighted by atomic mass is 10.2. The van der Waals surface area contributed by atoms with Gasteiger partial charge in [-0.3, -0.25) is 0 Å². The molecule has 0 unspecified atom stereocenters. The monoisotopic (exact) mass is 257 g/mol.